The molecule has 78 valence electrons. The fourth-order valence-corrected chi connectivity index (χ4v) is 2.89. The van der Waals surface area contributed by atoms with Crippen LogP contribution in [0.2, 0.25) is 0 Å². The summed E-state index contributed by atoms with van der Waals surface area (Å²) in [5, 5.41) is 0. The van der Waals surface area contributed by atoms with E-state index in [0.29, 0.717) is 0 Å². The lowest BCUT2D eigenvalue weighted by atomic mass is 10.2. The highest BCUT2D eigenvalue weighted by Gasteiger charge is 2.06. The SMILES string of the molecule is CCCCC=C[SiH](NCC)N(C)C. The maximum atomic E-state index is 3.54. The van der Waals surface area contributed by atoms with Gasteiger partial charge in [0.15, 0.2) is 0 Å². The first-order valence-electron chi connectivity index (χ1n) is 5.28. The van der Waals surface area contributed by atoms with Gasteiger partial charge in [0, 0.05) is 0 Å². The Labute approximate surface area is 84.8 Å². The van der Waals surface area contributed by atoms with Crippen molar-refractivity contribution >= 4 is 9.12 Å². The molecule has 0 saturated carbocycles. The number of hydrogen-bond donors (Lipinski definition) is 1. The first kappa shape index (κ1) is 12.9. The summed E-state index contributed by atoms with van der Waals surface area (Å²) in [5.41, 5.74) is 2.39. The van der Waals surface area contributed by atoms with Gasteiger partial charge in [0.05, 0.1) is 0 Å². The summed E-state index contributed by atoms with van der Waals surface area (Å²) in [6.45, 7) is 5.48. The van der Waals surface area contributed by atoms with Gasteiger partial charge in [0.1, 0.15) is 0 Å². The Morgan fingerprint density at radius 2 is 2.00 bits per heavy atom. The lowest BCUT2D eigenvalue weighted by molar-refractivity contribution is 0.626. The summed E-state index contributed by atoms with van der Waals surface area (Å²) in [6.07, 6.45) is 6.18. The zero-order chi connectivity index (χ0) is 10.1. The third-order valence-corrected chi connectivity index (χ3v) is 4.59. The largest absolute Gasteiger partial charge is 0.325 e. The van der Waals surface area contributed by atoms with Crippen molar-refractivity contribution in [3.63, 3.8) is 0 Å². The van der Waals surface area contributed by atoms with Gasteiger partial charge in [-0.2, -0.15) is 0 Å². The van der Waals surface area contributed by atoms with E-state index < -0.39 is 9.12 Å². The Morgan fingerprint density at radius 1 is 1.31 bits per heavy atom. The second-order valence-corrected chi connectivity index (χ2v) is 6.25. The molecular weight excluding hydrogens is 176 g/mol. The molecule has 0 heterocycles. The molecule has 0 aromatic heterocycles. The van der Waals surface area contributed by atoms with Crippen molar-refractivity contribution in [1.82, 2.24) is 9.55 Å². The summed E-state index contributed by atoms with van der Waals surface area (Å²) in [7, 11) is 3.37. The molecule has 0 aliphatic heterocycles. The molecule has 0 saturated heterocycles. The normalized spacial score (nSPS) is 14.2. The first-order valence-corrected chi connectivity index (χ1v) is 7.04. The molecule has 0 aliphatic carbocycles. The van der Waals surface area contributed by atoms with Crippen molar-refractivity contribution in [3.8, 4) is 0 Å². The van der Waals surface area contributed by atoms with E-state index in [4.69, 9.17) is 0 Å². The molecule has 0 bridgehead atoms. The van der Waals surface area contributed by atoms with Gasteiger partial charge in [-0.1, -0.05) is 38.5 Å². The van der Waals surface area contributed by atoms with Crippen molar-refractivity contribution in [2.75, 3.05) is 20.6 Å². The molecule has 0 spiro atoms. The zero-order valence-electron chi connectivity index (χ0n) is 9.51. The van der Waals surface area contributed by atoms with E-state index in [1.165, 1.54) is 19.3 Å². The van der Waals surface area contributed by atoms with Gasteiger partial charge < -0.3 is 9.55 Å². The Kier molecular flexibility index (Phi) is 8.39. The molecular formula is C10H24N2Si. The fraction of sp³-hybridized carbons (Fsp3) is 0.800. The maximum Gasteiger partial charge on any atom is 0.212 e. The topological polar surface area (TPSA) is 15.3 Å². The van der Waals surface area contributed by atoms with E-state index in [0.717, 1.165) is 6.54 Å². The fourth-order valence-electron chi connectivity index (χ4n) is 1.18. The van der Waals surface area contributed by atoms with Crippen LogP contribution in [0.1, 0.15) is 33.1 Å². The van der Waals surface area contributed by atoms with E-state index in [1.807, 2.05) is 0 Å². The minimum Gasteiger partial charge on any atom is -0.325 e. The van der Waals surface area contributed by atoms with E-state index in [2.05, 4.69) is 49.3 Å². The van der Waals surface area contributed by atoms with Gasteiger partial charge in [-0.05, 0) is 27.1 Å². The number of rotatable bonds is 7. The summed E-state index contributed by atoms with van der Waals surface area (Å²) < 4.78 is 2.33. The lowest BCUT2D eigenvalue weighted by Crippen LogP contribution is -2.45. The van der Waals surface area contributed by atoms with E-state index >= 15 is 0 Å². The van der Waals surface area contributed by atoms with Gasteiger partial charge in [0.25, 0.3) is 0 Å². The van der Waals surface area contributed by atoms with Crippen molar-refractivity contribution in [1.29, 1.82) is 0 Å². The molecule has 2 nitrogen and oxygen atoms in total. The molecule has 0 rings (SSSR count). The second kappa shape index (κ2) is 8.47. The van der Waals surface area contributed by atoms with Crippen LogP contribution in [0.4, 0.5) is 0 Å². The van der Waals surface area contributed by atoms with Crippen LogP contribution in [0.15, 0.2) is 11.8 Å². The van der Waals surface area contributed by atoms with E-state index in [-0.39, 0.29) is 0 Å². The van der Waals surface area contributed by atoms with Gasteiger partial charge in [-0.3, -0.25) is 0 Å². The van der Waals surface area contributed by atoms with E-state index in [9.17, 15) is 0 Å². The van der Waals surface area contributed by atoms with Gasteiger partial charge in [0.2, 0.25) is 9.12 Å². The molecule has 0 aromatic rings. The highest BCUT2D eigenvalue weighted by atomic mass is 28.3. The molecule has 0 aromatic carbocycles. The first-order chi connectivity index (χ1) is 6.22. The van der Waals surface area contributed by atoms with Crippen LogP contribution in [-0.2, 0) is 0 Å². The third-order valence-electron chi connectivity index (χ3n) is 2.01. The average molecular weight is 200 g/mol. The number of hydrogen-bond acceptors (Lipinski definition) is 2. The summed E-state index contributed by atoms with van der Waals surface area (Å²) in [6, 6.07) is 0. The quantitative estimate of drug-likeness (QED) is 0.497. The minimum atomic E-state index is -0.947. The Hall–Kier alpha value is -0.123. The molecule has 1 atom stereocenters. The average Bonchev–Trinajstić information content (AvgIpc) is 2.10. The van der Waals surface area contributed by atoms with Gasteiger partial charge in [-0.15, -0.1) is 0 Å². The highest BCUT2D eigenvalue weighted by Crippen LogP contribution is 1.96. The standard InChI is InChI=1S/C10H24N2Si/c1-5-7-8-9-10-13(11-6-2)12(3)4/h9-11,13H,5-8H2,1-4H3. The zero-order valence-corrected chi connectivity index (χ0v) is 10.7. The minimum absolute atomic E-state index is 0.947. The molecule has 0 aliphatic rings. The van der Waals surface area contributed by atoms with Crippen LogP contribution in [0, 0.1) is 0 Å². The van der Waals surface area contributed by atoms with Crippen molar-refractivity contribution in [2.45, 2.75) is 33.1 Å². The Balaban J connectivity index is 3.72. The molecule has 0 radical (unpaired) electrons. The number of nitrogens with zero attached hydrogens (tertiary/aromatic N) is 1. The van der Waals surface area contributed by atoms with Crippen molar-refractivity contribution in [3.05, 3.63) is 11.8 Å². The maximum absolute atomic E-state index is 3.54. The monoisotopic (exact) mass is 200 g/mol. The number of allylic oxidation sites excluding steroid dienone is 1. The van der Waals surface area contributed by atoms with Crippen LogP contribution in [-0.4, -0.2) is 34.3 Å². The molecule has 0 fully saturated rings. The van der Waals surface area contributed by atoms with Crippen molar-refractivity contribution < 1.29 is 0 Å². The van der Waals surface area contributed by atoms with Crippen LogP contribution in [0.3, 0.4) is 0 Å². The molecule has 13 heavy (non-hydrogen) atoms. The summed E-state index contributed by atoms with van der Waals surface area (Å²) >= 11 is 0. The number of nitrogens with one attached hydrogen (secondary N) is 1. The highest BCUT2D eigenvalue weighted by molar-refractivity contribution is 6.58. The van der Waals surface area contributed by atoms with Gasteiger partial charge in [-0.25, -0.2) is 0 Å². The predicted molar refractivity (Wildman–Crippen MR) is 63.2 cm³/mol. The second-order valence-electron chi connectivity index (χ2n) is 3.54. The third kappa shape index (κ3) is 6.99. The summed E-state index contributed by atoms with van der Waals surface area (Å²) in [5.74, 6) is 0. The molecule has 1 N–H and O–H groups in total. The smallest absolute Gasteiger partial charge is 0.212 e. The van der Waals surface area contributed by atoms with Gasteiger partial charge >= 0.3 is 0 Å². The van der Waals surface area contributed by atoms with E-state index in [1.54, 1.807) is 0 Å². The molecule has 3 heteroatoms. The summed E-state index contributed by atoms with van der Waals surface area (Å²) in [4.78, 5) is 3.54. The van der Waals surface area contributed by atoms with Crippen LogP contribution in [0.25, 0.3) is 0 Å². The number of unbranched alkanes of at least 4 members (excludes halogenated alkanes) is 2. The Morgan fingerprint density at radius 3 is 2.46 bits per heavy atom. The Bertz CT molecular complexity index is 135. The van der Waals surface area contributed by atoms with Crippen LogP contribution < -0.4 is 4.98 Å². The van der Waals surface area contributed by atoms with Crippen LogP contribution >= 0.6 is 0 Å². The van der Waals surface area contributed by atoms with Crippen molar-refractivity contribution in [2.24, 2.45) is 0 Å². The predicted octanol–water partition coefficient (Wildman–Crippen LogP) is 1.66. The molecule has 0 amide bonds. The lowest BCUT2D eigenvalue weighted by Gasteiger charge is -2.19. The molecule has 1 unspecified atom stereocenters. The van der Waals surface area contributed by atoms with Crippen LogP contribution in [0.5, 0.6) is 0 Å².